The number of aryl methyl sites for hydroxylation is 1. The number of carbonyl (C=O) groups excluding carboxylic acids is 1. The molecule has 1 N–H and O–H groups in total. The summed E-state index contributed by atoms with van der Waals surface area (Å²) in [4.78, 5) is 24.9. The van der Waals surface area contributed by atoms with Crippen LogP contribution in [-0.2, 0) is 6.42 Å². The first-order chi connectivity index (χ1) is 14.1. The van der Waals surface area contributed by atoms with Crippen molar-refractivity contribution >= 4 is 23.1 Å². The van der Waals surface area contributed by atoms with Crippen molar-refractivity contribution in [2.75, 3.05) is 5.32 Å². The van der Waals surface area contributed by atoms with Crippen molar-refractivity contribution in [2.45, 2.75) is 13.3 Å². The van der Waals surface area contributed by atoms with E-state index in [9.17, 15) is 13.6 Å². The summed E-state index contributed by atoms with van der Waals surface area (Å²) in [6.07, 6.45) is 7.05. The van der Waals surface area contributed by atoms with Crippen molar-refractivity contribution < 1.29 is 13.6 Å². The maximum atomic E-state index is 13.8. The number of carbonyl (C=O) groups is 1. The molecule has 1 amide bonds. The van der Waals surface area contributed by atoms with Gasteiger partial charge in [0.15, 0.2) is 17.5 Å². The zero-order valence-electron chi connectivity index (χ0n) is 15.1. The molecule has 0 aliphatic carbocycles. The molecule has 3 heterocycles. The first kappa shape index (κ1) is 18.8. The summed E-state index contributed by atoms with van der Waals surface area (Å²) in [5, 5.41) is 9.54. The van der Waals surface area contributed by atoms with E-state index in [1.54, 1.807) is 10.9 Å². The Labute approximate surface area is 168 Å². The Hall–Kier alpha value is -3.53. The van der Waals surface area contributed by atoms with E-state index in [4.69, 9.17) is 0 Å². The van der Waals surface area contributed by atoms with Crippen LogP contribution < -0.4 is 5.32 Å². The summed E-state index contributed by atoms with van der Waals surface area (Å²) < 4.78 is 28.7. The Morgan fingerprint density at radius 3 is 2.76 bits per heavy atom. The van der Waals surface area contributed by atoms with Gasteiger partial charge in [-0.25, -0.2) is 23.4 Å². The Balaban J connectivity index is 1.57. The third kappa shape index (κ3) is 3.74. The Morgan fingerprint density at radius 2 is 2.07 bits per heavy atom. The first-order valence-electron chi connectivity index (χ1n) is 8.63. The van der Waals surface area contributed by atoms with E-state index in [1.807, 2.05) is 18.5 Å². The molecule has 0 saturated carbocycles. The van der Waals surface area contributed by atoms with Gasteiger partial charge in [-0.1, -0.05) is 13.0 Å². The number of nitrogens with one attached hydrogen (secondary N) is 1. The van der Waals surface area contributed by atoms with Gasteiger partial charge in [0, 0.05) is 23.3 Å². The molecule has 4 aromatic rings. The molecular weight excluding hydrogens is 398 g/mol. The molecule has 0 atom stereocenters. The number of nitrogens with zero attached hydrogens (tertiary/aromatic N) is 5. The van der Waals surface area contributed by atoms with E-state index in [1.165, 1.54) is 35.9 Å². The molecule has 146 valence electrons. The van der Waals surface area contributed by atoms with Crippen molar-refractivity contribution in [1.29, 1.82) is 0 Å². The van der Waals surface area contributed by atoms with Gasteiger partial charge in [-0.05, 0) is 18.6 Å². The molecule has 4 rings (SSSR count). The van der Waals surface area contributed by atoms with Crippen LogP contribution >= 0.6 is 11.3 Å². The third-order valence-corrected chi connectivity index (χ3v) is 4.87. The lowest BCUT2D eigenvalue weighted by Gasteiger charge is -2.06. The summed E-state index contributed by atoms with van der Waals surface area (Å²) in [6.45, 7) is 1.98. The number of thiazole rings is 1. The van der Waals surface area contributed by atoms with Gasteiger partial charge in [0.1, 0.15) is 0 Å². The number of amides is 1. The third-order valence-electron chi connectivity index (χ3n) is 4.11. The maximum Gasteiger partial charge on any atom is 0.259 e. The largest absolute Gasteiger partial charge is 0.305 e. The maximum absolute atomic E-state index is 13.8. The summed E-state index contributed by atoms with van der Waals surface area (Å²) in [5.41, 5.74) is 1.78. The fourth-order valence-electron chi connectivity index (χ4n) is 2.71. The van der Waals surface area contributed by atoms with E-state index >= 15 is 0 Å². The molecule has 0 aliphatic rings. The van der Waals surface area contributed by atoms with Crippen LogP contribution in [0, 0.1) is 11.6 Å². The molecule has 29 heavy (non-hydrogen) atoms. The highest BCUT2D eigenvalue weighted by Crippen LogP contribution is 2.24. The van der Waals surface area contributed by atoms with Crippen LogP contribution in [-0.4, -0.2) is 30.6 Å². The Morgan fingerprint density at radius 1 is 1.21 bits per heavy atom. The van der Waals surface area contributed by atoms with Crippen LogP contribution in [0.25, 0.3) is 16.4 Å². The zero-order chi connectivity index (χ0) is 20.4. The molecule has 0 spiro atoms. The molecule has 0 radical (unpaired) electrons. The van der Waals surface area contributed by atoms with Crippen molar-refractivity contribution in [3.8, 4) is 16.4 Å². The monoisotopic (exact) mass is 412 g/mol. The van der Waals surface area contributed by atoms with Crippen LogP contribution in [0.2, 0.25) is 0 Å². The highest BCUT2D eigenvalue weighted by atomic mass is 32.1. The second kappa shape index (κ2) is 7.84. The standard InChI is InChI=1S/C19H14F2N6OS/c1-2-14-12(10-27(26-14)19-22-6-7-29-19)15-8-24-16(9-23-15)25-18(28)11-4-3-5-13(20)17(11)21/h3-10H,2H2,1H3,(H,24,25,28). The van der Waals surface area contributed by atoms with Gasteiger partial charge in [-0.2, -0.15) is 5.10 Å². The van der Waals surface area contributed by atoms with E-state index in [0.717, 1.165) is 22.5 Å². The summed E-state index contributed by atoms with van der Waals surface area (Å²) in [5.74, 6) is -3.00. The second-order valence-electron chi connectivity index (χ2n) is 5.94. The van der Waals surface area contributed by atoms with Gasteiger partial charge in [0.25, 0.3) is 5.91 Å². The zero-order valence-corrected chi connectivity index (χ0v) is 16.0. The highest BCUT2D eigenvalue weighted by molar-refractivity contribution is 7.12. The Kier molecular flexibility index (Phi) is 5.09. The number of anilines is 1. The molecular formula is C19H14F2N6OS. The lowest BCUT2D eigenvalue weighted by Crippen LogP contribution is -2.15. The quantitative estimate of drug-likeness (QED) is 0.538. The van der Waals surface area contributed by atoms with Crippen molar-refractivity contribution in [3.05, 3.63) is 71.3 Å². The summed E-state index contributed by atoms with van der Waals surface area (Å²) in [6, 6.07) is 3.39. The predicted molar refractivity (Wildman–Crippen MR) is 104 cm³/mol. The van der Waals surface area contributed by atoms with Crippen LogP contribution in [0.4, 0.5) is 14.6 Å². The predicted octanol–water partition coefficient (Wildman–Crippen LogP) is 3.88. The summed E-state index contributed by atoms with van der Waals surface area (Å²) >= 11 is 1.46. The van der Waals surface area contributed by atoms with Crippen molar-refractivity contribution in [1.82, 2.24) is 24.7 Å². The molecule has 0 bridgehead atoms. The van der Waals surface area contributed by atoms with Crippen LogP contribution in [0.1, 0.15) is 23.0 Å². The van der Waals surface area contributed by atoms with E-state index in [-0.39, 0.29) is 5.82 Å². The number of benzene rings is 1. The van der Waals surface area contributed by atoms with Crippen LogP contribution in [0.5, 0.6) is 0 Å². The van der Waals surface area contributed by atoms with Gasteiger partial charge >= 0.3 is 0 Å². The topological polar surface area (TPSA) is 85.6 Å². The highest BCUT2D eigenvalue weighted by Gasteiger charge is 2.17. The normalized spacial score (nSPS) is 10.9. The molecule has 0 aliphatic heterocycles. The smallest absolute Gasteiger partial charge is 0.259 e. The van der Waals surface area contributed by atoms with E-state index in [0.29, 0.717) is 12.1 Å². The number of hydrogen-bond acceptors (Lipinski definition) is 6. The van der Waals surface area contributed by atoms with Gasteiger partial charge in [-0.3, -0.25) is 9.78 Å². The Bertz CT molecular complexity index is 1160. The fraction of sp³-hybridized carbons (Fsp3) is 0.105. The molecule has 0 unspecified atom stereocenters. The van der Waals surface area contributed by atoms with Crippen molar-refractivity contribution in [3.63, 3.8) is 0 Å². The van der Waals surface area contributed by atoms with Crippen molar-refractivity contribution in [2.24, 2.45) is 0 Å². The lowest BCUT2D eigenvalue weighted by molar-refractivity contribution is 0.102. The van der Waals surface area contributed by atoms with E-state index in [2.05, 4.69) is 25.4 Å². The summed E-state index contributed by atoms with van der Waals surface area (Å²) in [7, 11) is 0. The molecule has 0 fully saturated rings. The van der Waals surface area contributed by atoms with Gasteiger partial charge < -0.3 is 5.32 Å². The SMILES string of the molecule is CCc1nn(-c2nccs2)cc1-c1cnc(NC(=O)c2cccc(F)c2F)cn1. The molecule has 0 saturated heterocycles. The molecule has 7 nitrogen and oxygen atoms in total. The number of hydrogen-bond donors (Lipinski definition) is 1. The number of halogens is 2. The van der Waals surface area contributed by atoms with Crippen LogP contribution in [0.3, 0.4) is 0 Å². The van der Waals surface area contributed by atoms with Crippen LogP contribution in [0.15, 0.2) is 48.4 Å². The minimum absolute atomic E-state index is 0.118. The van der Waals surface area contributed by atoms with E-state index < -0.39 is 23.1 Å². The molecule has 10 heteroatoms. The number of rotatable bonds is 5. The second-order valence-corrected chi connectivity index (χ2v) is 6.82. The lowest BCUT2D eigenvalue weighted by atomic mass is 10.1. The van der Waals surface area contributed by atoms with Gasteiger partial charge in [0.2, 0.25) is 5.13 Å². The average Bonchev–Trinajstić information content (AvgIpc) is 3.40. The van der Waals surface area contributed by atoms with Gasteiger partial charge in [0.05, 0.1) is 29.3 Å². The minimum Gasteiger partial charge on any atom is -0.305 e. The molecule has 1 aromatic carbocycles. The number of aromatic nitrogens is 5. The van der Waals surface area contributed by atoms with Gasteiger partial charge in [-0.15, -0.1) is 11.3 Å². The molecule has 3 aromatic heterocycles. The minimum atomic E-state index is -1.21. The fourth-order valence-corrected chi connectivity index (χ4v) is 3.27. The average molecular weight is 412 g/mol. The first-order valence-corrected chi connectivity index (χ1v) is 9.51.